The zero-order valence-corrected chi connectivity index (χ0v) is 26.0. The molecule has 6 rings (SSSR count). The molecule has 2 fully saturated rings. The van der Waals surface area contributed by atoms with E-state index in [-0.39, 0.29) is 11.8 Å². The van der Waals surface area contributed by atoms with E-state index >= 15 is 0 Å². The fourth-order valence-electron chi connectivity index (χ4n) is 6.30. The second-order valence-electron chi connectivity index (χ2n) is 11.8. The molecule has 2 aliphatic rings. The van der Waals surface area contributed by atoms with Crippen LogP contribution in [0, 0.1) is 6.92 Å². The summed E-state index contributed by atoms with van der Waals surface area (Å²) >= 11 is 0. The second-order valence-corrected chi connectivity index (χ2v) is 11.8. The number of methoxy groups -OCH3 is 2. The van der Waals surface area contributed by atoms with Crippen LogP contribution in [0.4, 0.5) is 5.69 Å². The highest BCUT2D eigenvalue weighted by Gasteiger charge is 2.26. The van der Waals surface area contributed by atoms with Crippen molar-refractivity contribution >= 4 is 22.6 Å². The van der Waals surface area contributed by atoms with Gasteiger partial charge in [-0.15, -0.1) is 0 Å². The summed E-state index contributed by atoms with van der Waals surface area (Å²) in [5.41, 5.74) is 2.58. The van der Waals surface area contributed by atoms with Crippen molar-refractivity contribution in [3.8, 4) is 28.4 Å². The Balaban J connectivity index is 1.14. The van der Waals surface area contributed by atoms with Crippen LogP contribution in [0.15, 0.2) is 69.9 Å². The van der Waals surface area contributed by atoms with Gasteiger partial charge in [-0.25, -0.2) is 4.79 Å². The summed E-state index contributed by atoms with van der Waals surface area (Å²) in [7, 11) is 3.18. The molecule has 4 aromatic rings. The van der Waals surface area contributed by atoms with E-state index in [1.54, 1.807) is 38.5 Å². The van der Waals surface area contributed by atoms with Crippen LogP contribution in [-0.2, 0) is 4.74 Å². The number of hydrogen-bond donors (Lipinski definition) is 2. The summed E-state index contributed by atoms with van der Waals surface area (Å²) in [6.45, 7) is 3.58. The van der Waals surface area contributed by atoms with Gasteiger partial charge in [0.2, 0.25) is 0 Å². The molecule has 0 spiro atoms. The van der Waals surface area contributed by atoms with E-state index in [4.69, 9.17) is 23.4 Å². The third-order valence-corrected chi connectivity index (χ3v) is 8.85. The first kappa shape index (κ1) is 30.7. The summed E-state index contributed by atoms with van der Waals surface area (Å²) in [5.74, 6) is 1.57. The summed E-state index contributed by atoms with van der Waals surface area (Å²) in [5, 5.41) is 7.24. The van der Waals surface area contributed by atoms with Crippen molar-refractivity contribution in [2.24, 2.45) is 0 Å². The normalized spacial score (nSPS) is 18.8. The maximum atomic E-state index is 13.3. The van der Waals surface area contributed by atoms with Gasteiger partial charge in [0, 0.05) is 47.4 Å². The molecule has 0 atom stereocenters. The molecule has 1 aliphatic heterocycles. The average Bonchev–Trinajstić information content (AvgIpc) is 3.07. The molecule has 45 heavy (non-hydrogen) atoms. The summed E-state index contributed by atoms with van der Waals surface area (Å²) in [6.07, 6.45) is 6.36. The molecule has 0 unspecified atom stereocenters. The minimum Gasteiger partial charge on any atom is -0.497 e. The zero-order valence-electron chi connectivity index (χ0n) is 26.0. The standard InChI is InChI=1S/C36H40N2O7/c1-22-32(44-28-11-9-26(10-12-28)37-27-15-17-43-18-16-27)13-7-24-21-31(36(40)45-34(22)24)38-35(39)25-8-14-33(42-3)30(20-25)23-5-4-6-29(19-23)41-2/h4-8,13-14,19-21,26-28,37H,9-12,15-18H2,1-3H3,(H,38,39). The maximum Gasteiger partial charge on any atom is 0.360 e. The Kier molecular flexibility index (Phi) is 9.37. The Hall–Kier alpha value is -4.34. The molecule has 1 aliphatic carbocycles. The van der Waals surface area contributed by atoms with Crippen molar-refractivity contribution in [3.05, 3.63) is 82.2 Å². The summed E-state index contributed by atoms with van der Waals surface area (Å²) < 4.78 is 28.5. The van der Waals surface area contributed by atoms with E-state index in [0.717, 1.165) is 68.4 Å². The summed E-state index contributed by atoms with van der Waals surface area (Å²) in [4.78, 5) is 26.3. The van der Waals surface area contributed by atoms with Crippen LogP contribution in [0.5, 0.6) is 17.2 Å². The predicted molar refractivity (Wildman–Crippen MR) is 174 cm³/mol. The molecule has 2 heterocycles. The average molecular weight is 613 g/mol. The lowest BCUT2D eigenvalue weighted by Crippen LogP contribution is -2.44. The number of nitrogens with one attached hydrogen (secondary N) is 2. The van der Waals surface area contributed by atoms with Gasteiger partial charge in [0.15, 0.2) is 0 Å². The number of fused-ring (bicyclic) bond motifs is 1. The minimum absolute atomic E-state index is 0.0645. The van der Waals surface area contributed by atoms with Gasteiger partial charge in [-0.2, -0.15) is 0 Å². The number of amides is 1. The molecule has 1 amide bonds. The lowest BCUT2D eigenvalue weighted by Gasteiger charge is -2.34. The van der Waals surface area contributed by atoms with Gasteiger partial charge in [-0.3, -0.25) is 4.79 Å². The fraction of sp³-hybridized carbons (Fsp3) is 0.389. The highest BCUT2D eigenvalue weighted by atomic mass is 16.5. The predicted octanol–water partition coefficient (Wildman–Crippen LogP) is 6.50. The number of carbonyl (C=O) groups is 1. The number of benzene rings is 3. The van der Waals surface area contributed by atoms with E-state index in [2.05, 4.69) is 10.6 Å². The highest BCUT2D eigenvalue weighted by molar-refractivity contribution is 6.05. The van der Waals surface area contributed by atoms with Crippen LogP contribution in [0.25, 0.3) is 22.1 Å². The highest BCUT2D eigenvalue weighted by Crippen LogP contribution is 2.34. The van der Waals surface area contributed by atoms with Crippen LogP contribution in [0.2, 0.25) is 0 Å². The first-order valence-corrected chi connectivity index (χ1v) is 15.6. The Morgan fingerprint density at radius 3 is 2.36 bits per heavy atom. The number of anilines is 1. The first-order chi connectivity index (χ1) is 21.9. The number of ether oxygens (including phenoxy) is 4. The van der Waals surface area contributed by atoms with Gasteiger partial charge < -0.3 is 34.0 Å². The largest absolute Gasteiger partial charge is 0.497 e. The fourth-order valence-corrected chi connectivity index (χ4v) is 6.30. The monoisotopic (exact) mass is 612 g/mol. The SMILES string of the molecule is COc1cccc(-c2cc(C(=O)Nc3cc4ccc(OC5CCC(NC6CCOCC6)CC5)c(C)c4oc3=O)ccc2OC)c1. The van der Waals surface area contributed by atoms with Gasteiger partial charge >= 0.3 is 5.63 Å². The molecule has 2 N–H and O–H groups in total. The Bertz CT molecular complexity index is 1720. The van der Waals surface area contributed by atoms with Gasteiger partial charge in [-0.05, 0) is 99.5 Å². The number of carbonyl (C=O) groups excluding carboxylic acids is 1. The quantitative estimate of drug-likeness (QED) is 0.206. The zero-order chi connectivity index (χ0) is 31.3. The molecule has 9 nitrogen and oxygen atoms in total. The number of hydrogen-bond acceptors (Lipinski definition) is 8. The van der Waals surface area contributed by atoms with E-state index in [1.165, 1.54) is 0 Å². The van der Waals surface area contributed by atoms with E-state index < -0.39 is 11.5 Å². The van der Waals surface area contributed by atoms with Crippen LogP contribution in [0.3, 0.4) is 0 Å². The topological polar surface area (TPSA) is 108 Å². The molecular weight excluding hydrogens is 572 g/mol. The van der Waals surface area contributed by atoms with Crippen LogP contribution in [0.1, 0.15) is 54.4 Å². The molecule has 1 saturated carbocycles. The Labute approximate surface area is 262 Å². The third-order valence-electron chi connectivity index (χ3n) is 8.85. The molecule has 1 saturated heterocycles. The minimum atomic E-state index is -0.627. The van der Waals surface area contributed by atoms with Crippen molar-refractivity contribution in [2.75, 3.05) is 32.8 Å². The van der Waals surface area contributed by atoms with Gasteiger partial charge in [-0.1, -0.05) is 12.1 Å². The van der Waals surface area contributed by atoms with Crippen molar-refractivity contribution in [1.82, 2.24) is 5.32 Å². The third kappa shape index (κ3) is 7.00. The number of aryl methyl sites for hydroxylation is 1. The Morgan fingerprint density at radius 2 is 1.60 bits per heavy atom. The van der Waals surface area contributed by atoms with E-state index in [0.29, 0.717) is 45.9 Å². The van der Waals surface area contributed by atoms with E-state index in [9.17, 15) is 9.59 Å². The molecule has 0 bridgehead atoms. The molecule has 3 aromatic carbocycles. The molecular formula is C36H40N2O7. The van der Waals surface area contributed by atoms with Crippen LogP contribution < -0.4 is 30.5 Å². The van der Waals surface area contributed by atoms with Crippen LogP contribution >= 0.6 is 0 Å². The number of rotatable bonds is 9. The second kappa shape index (κ2) is 13.7. The molecule has 0 radical (unpaired) electrons. The van der Waals surface area contributed by atoms with Gasteiger partial charge in [0.25, 0.3) is 5.91 Å². The van der Waals surface area contributed by atoms with Crippen molar-refractivity contribution in [1.29, 1.82) is 0 Å². The van der Waals surface area contributed by atoms with Gasteiger partial charge in [0.1, 0.15) is 28.5 Å². The molecule has 9 heteroatoms. The summed E-state index contributed by atoms with van der Waals surface area (Å²) in [6, 6.07) is 19.1. The lowest BCUT2D eigenvalue weighted by molar-refractivity contribution is 0.0688. The Morgan fingerprint density at radius 1 is 0.844 bits per heavy atom. The van der Waals surface area contributed by atoms with E-state index in [1.807, 2.05) is 43.3 Å². The van der Waals surface area contributed by atoms with Crippen molar-refractivity contribution < 1.29 is 28.2 Å². The first-order valence-electron chi connectivity index (χ1n) is 15.6. The van der Waals surface area contributed by atoms with Crippen molar-refractivity contribution in [3.63, 3.8) is 0 Å². The molecule has 1 aromatic heterocycles. The van der Waals surface area contributed by atoms with Crippen molar-refractivity contribution in [2.45, 2.75) is 63.6 Å². The van der Waals surface area contributed by atoms with Gasteiger partial charge in [0.05, 0.1) is 20.3 Å². The smallest absolute Gasteiger partial charge is 0.360 e. The lowest BCUT2D eigenvalue weighted by atomic mass is 9.91. The molecule has 236 valence electrons. The maximum absolute atomic E-state index is 13.3. The van der Waals surface area contributed by atoms with Crippen LogP contribution in [-0.4, -0.2) is 51.5 Å².